The predicted octanol–water partition coefficient (Wildman–Crippen LogP) is 4.50. The zero-order valence-electron chi connectivity index (χ0n) is 18.5. The number of imide groups is 1. The molecule has 7 nitrogen and oxygen atoms in total. The summed E-state index contributed by atoms with van der Waals surface area (Å²) in [4.78, 5) is 42.4. The fourth-order valence-corrected chi connectivity index (χ4v) is 4.79. The second kappa shape index (κ2) is 8.50. The summed E-state index contributed by atoms with van der Waals surface area (Å²) >= 11 is 6.32. The minimum absolute atomic E-state index is 0.302. The van der Waals surface area contributed by atoms with E-state index in [0.29, 0.717) is 39.9 Å². The first kappa shape index (κ1) is 22.0. The first-order valence-corrected chi connectivity index (χ1v) is 11.2. The second-order valence-electron chi connectivity index (χ2n) is 7.94. The molecular formula is C26H21ClN2O5. The van der Waals surface area contributed by atoms with E-state index >= 15 is 0 Å². The maximum Gasteiger partial charge on any atom is 0.262 e. The van der Waals surface area contributed by atoms with Crippen molar-refractivity contribution in [3.63, 3.8) is 0 Å². The smallest absolute Gasteiger partial charge is 0.262 e. The number of benzene rings is 3. The molecule has 3 aromatic carbocycles. The highest BCUT2D eigenvalue weighted by atomic mass is 35.5. The molecule has 2 aliphatic heterocycles. The van der Waals surface area contributed by atoms with Gasteiger partial charge in [0, 0.05) is 5.69 Å². The molecular weight excluding hydrogens is 456 g/mol. The van der Waals surface area contributed by atoms with Crippen LogP contribution in [0.15, 0.2) is 66.7 Å². The van der Waals surface area contributed by atoms with E-state index in [1.54, 1.807) is 59.5 Å². The topological polar surface area (TPSA) is 76.2 Å². The Morgan fingerprint density at radius 2 is 1.50 bits per heavy atom. The highest BCUT2D eigenvalue weighted by molar-refractivity contribution is 6.32. The Labute approximate surface area is 201 Å². The molecule has 1 fully saturated rings. The predicted molar refractivity (Wildman–Crippen MR) is 127 cm³/mol. The highest BCUT2D eigenvalue weighted by Gasteiger charge is 2.57. The van der Waals surface area contributed by atoms with Gasteiger partial charge in [0.25, 0.3) is 17.7 Å². The summed E-state index contributed by atoms with van der Waals surface area (Å²) in [6, 6.07) is 17.4. The number of anilines is 1. The van der Waals surface area contributed by atoms with E-state index in [0.717, 1.165) is 10.5 Å². The van der Waals surface area contributed by atoms with E-state index in [4.69, 9.17) is 21.1 Å². The first-order chi connectivity index (χ1) is 16.5. The Morgan fingerprint density at radius 1 is 0.853 bits per heavy atom. The van der Waals surface area contributed by atoms with E-state index in [9.17, 15) is 14.4 Å². The lowest BCUT2D eigenvalue weighted by Gasteiger charge is -2.49. The van der Waals surface area contributed by atoms with E-state index in [2.05, 4.69) is 0 Å². The van der Waals surface area contributed by atoms with Crippen LogP contribution in [0.5, 0.6) is 11.5 Å². The van der Waals surface area contributed by atoms with Crippen LogP contribution in [0, 0.1) is 0 Å². The molecule has 34 heavy (non-hydrogen) atoms. The zero-order chi connectivity index (χ0) is 24.0. The molecule has 172 valence electrons. The molecule has 3 aromatic rings. The van der Waals surface area contributed by atoms with Gasteiger partial charge in [0.1, 0.15) is 17.5 Å². The fourth-order valence-electron chi connectivity index (χ4n) is 4.54. The van der Waals surface area contributed by atoms with Gasteiger partial charge in [-0.1, -0.05) is 35.9 Å². The summed E-state index contributed by atoms with van der Waals surface area (Å²) in [5, 5.41) is 0.349. The van der Waals surface area contributed by atoms with Crippen molar-refractivity contribution >= 4 is 35.0 Å². The summed E-state index contributed by atoms with van der Waals surface area (Å²) in [7, 11) is 1.51. The number of hydrogen-bond donors (Lipinski definition) is 0. The molecule has 8 heteroatoms. The largest absolute Gasteiger partial charge is 0.495 e. The van der Waals surface area contributed by atoms with Crippen LogP contribution in [0.2, 0.25) is 5.02 Å². The summed E-state index contributed by atoms with van der Waals surface area (Å²) < 4.78 is 10.8. The van der Waals surface area contributed by atoms with Crippen molar-refractivity contribution in [2.75, 3.05) is 18.6 Å². The van der Waals surface area contributed by atoms with Crippen LogP contribution < -0.4 is 14.4 Å². The SMILES string of the molecule is CCOc1ccc(C2C(N3C(=O)c4ccccc4C3=O)C(=O)N2c2ccc(OC)c(Cl)c2)cc1. The molecule has 2 aliphatic rings. The van der Waals surface area contributed by atoms with Gasteiger partial charge in [0.05, 0.1) is 35.9 Å². The third-order valence-corrected chi connectivity index (χ3v) is 6.41. The van der Waals surface area contributed by atoms with E-state index in [1.165, 1.54) is 7.11 Å². The van der Waals surface area contributed by atoms with Gasteiger partial charge in [0.2, 0.25) is 0 Å². The van der Waals surface area contributed by atoms with Crippen molar-refractivity contribution in [1.82, 2.24) is 4.90 Å². The molecule has 2 atom stereocenters. The third kappa shape index (κ3) is 3.31. The molecule has 0 aliphatic carbocycles. The van der Waals surface area contributed by atoms with E-state index in [-0.39, 0.29) is 5.91 Å². The third-order valence-electron chi connectivity index (χ3n) is 6.12. The fraction of sp³-hybridized carbons (Fsp3) is 0.192. The summed E-state index contributed by atoms with van der Waals surface area (Å²) in [6.07, 6.45) is 0. The van der Waals surface area contributed by atoms with Crippen LogP contribution in [0.4, 0.5) is 5.69 Å². The maximum atomic E-state index is 13.5. The number of carbonyl (C=O) groups is 3. The van der Waals surface area contributed by atoms with Crippen molar-refractivity contribution in [3.8, 4) is 11.5 Å². The lowest BCUT2D eigenvalue weighted by Crippen LogP contribution is -2.67. The number of β-lactam (4-membered cyclic amide) rings is 1. The number of fused-ring (bicyclic) bond motifs is 1. The van der Waals surface area contributed by atoms with Crippen molar-refractivity contribution in [1.29, 1.82) is 0 Å². The monoisotopic (exact) mass is 476 g/mol. The van der Waals surface area contributed by atoms with Gasteiger partial charge in [0.15, 0.2) is 0 Å². The van der Waals surface area contributed by atoms with Crippen LogP contribution >= 0.6 is 11.6 Å². The maximum absolute atomic E-state index is 13.5. The molecule has 0 aromatic heterocycles. The number of rotatable bonds is 6. The second-order valence-corrected chi connectivity index (χ2v) is 8.35. The molecule has 0 N–H and O–H groups in total. The summed E-state index contributed by atoms with van der Waals surface area (Å²) in [5.74, 6) is -0.139. The van der Waals surface area contributed by atoms with Crippen molar-refractivity contribution in [2.24, 2.45) is 0 Å². The van der Waals surface area contributed by atoms with Gasteiger partial charge in [-0.15, -0.1) is 0 Å². The Hall–Kier alpha value is -3.84. The van der Waals surface area contributed by atoms with Gasteiger partial charge in [-0.3, -0.25) is 19.3 Å². The standard InChI is InChI=1S/C26H21ClN2O5/c1-3-34-17-11-8-15(9-12-17)22-23(29-24(30)18-6-4-5-7-19(18)25(29)31)26(32)28(22)16-10-13-21(33-2)20(27)14-16/h4-14,22-23H,3H2,1-2H3. The number of nitrogens with zero attached hydrogens (tertiary/aromatic N) is 2. The molecule has 1 saturated heterocycles. The van der Waals surface area contributed by atoms with Crippen LogP contribution in [0.1, 0.15) is 39.2 Å². The molecule has 0 spiro atoms. The number of amides is 3. The highest BCUT2D eigenvalue weighted by Crippen LogP contribution is 2.45. The van der Waals surface area contributed by atoms with Gasteiger partial charge in [-0.2, -0.15) is 0 Å². The molecule has 0 bridgehead atoms. The van der Waals surface area contributed by atoms with Crippen LogP contribution in [-0.2, 0) is 4.79 Å². The van der Waals surface area contributed by atoms with Crippen LogP contribution in [-0.4, -0.2) is 42.4 Å². The van der Waals surface area contributed by atoms with Crippen molar-refractivity contribution < 1.29 is 23.9 Å². The summed E-state index contributed by atoms with van der Waals surface area (Å²) in [5.41, 5.74) is 1.91. The summed E-state index contributed by atoms with van der Waals surface area (Å²) in [6.45, 7) is 2.42. The Morgan fingerprint density at radius 3 is 2.06 bits per heavy atom. The van der Waals surface area contributed by atoms with Gasteiger partial charge in [-0.25, -0.2) is 0 Å². The number of halogens is 1. The molecule has 5 rings (SSSR count). The van der Waals surface area contributed by atoms with Gasteiger partial charge < -0.3 is 14.4 Å². The molecule has 3 amide bonds. The van der Waals surface area contributed by atoms with E-state index in [1.807, 2.05) is 19.1 Å². The van der Waals surface area contributed by atoms with Crippen LogP contribution in [0.25, 0.3) is 0 Å². The average Bonchev–Trinajstić information content (AvgIpc) is 3.09. The molecule has 2 heterocycles. The molecule has 0 saturated carbocycles. The quantitative estimate of drug-likeness (QED) is 0.387. The number of carbonyl (C=O) groups excluding carboxylic acids is 3. The lowest BCUT2D eigenvalue weighted by molar-refractivity contribution is -0.130. The minimum Gasteiger partial charge on any atom is -0.495 e. The van der Waals surface area contributed by atoms with Gasteiger partial charge >= 0.3 is 0 Å². The number of ether oxygens (including phenoxy) is 2. The number of methoxy groups -OCH3 is 1. The normalized spacial score (nSPS) is 19.2. The molecule has 2 unspecified atom stereocenters. The Balaban J connectivity index is 1.56. The zero-order valence-corrected chi connectivity index (χ0v) is 19.3. The lowest BCUT2D eigenvalue weighted by atomic mass is 9.86. The van der Waals surface area contributed by atoms with Crippen molar-refractivity contribution in [3.05, 3.63) is 88.4 Å². The first-order valence-electron chi connectivity index (χ1n) is 10.8. The Bertz CT molecular complexity index is 1270. The minimum atomic E-state index is -0.980. The van der Waals surface area contributed by atoms with Crippen LogP contribution in [0.3, 0.4) is 0 Å². The van der Waals surface area contributed by atoms with Crippen molar-refractivity contribution in [2.45, 2.75) is 19.0 Å². The Kier molecular flexibility index (Phi) is 5.49. The average molecular weight is 477 g/mol. The van der Waals surface area contributed by atoms with E-state index < -0.39 is 23.9 Å². The molecule has 0 radical (unpaired) electrons. The van der Waals surface area contributed by atoms with Gasteiger partial charge in [-0.05, 0) is 55.0 Å². The number of hydrogen-bond acceptors (Lipinski definition) is 5.